The van der Waals surface area contributed by atoms with Gasteiger partial charge in [-0.2, -0.15) is 0 Å². The SMILES string of the molecule is CNc1ccc(CNc2ccc(C(N)=O)cc2)cc1Oc1ccccc1. The summed E-state index contributed by atoms with van der Waals surface area (Å²) >= 11 is 0. The van der Waals surface area contributed by atoms with Gasteiger partial charge < -0.3 is 21.1 Å². The Labute approximate surface area is 152 Å². The molecule has 0 saturated heterocycles. The second kappa shape index (κ2) is 8.07. The first-order valence-corrected chi connectivity index (χ1v) is 8.33. The lowest BCUT2D eigenvalue weighted by Gasteiger charge is -2.13. The zero-order valence-corrected chi connectivity index (χ0v) is 14.5. The molecule has 0 aliphatic carbocycles. The molecule has 0 unspecified atom stereocenters. The summed E-state index contributed by atoms with van der Waals surface area (Å²) < 4.78 is 5.99. The molecule has 5 nitrogen and oxygen atoms in total. The molecular weight excluding hydrogens is 326 g/mol. The number of nitrogens with two attached hydrogens (primary N) is 1. The van der Waals surface area contributed by atoms with Crippen molar-refractivity contribution in [1.29, 1.82) is 0 Å². The number of carbonyl (C=O) groups excluding carboxylic acids is 1. The molecule has 3 aromatic carbocycles. The van der Waals surface area contributed by atoms with E-state index in [1.54, 1.807) is 12.1 Å². The van der Waals surface area contributed by atoms with Crippen LogP contribution in [-0.4, -0.2) is 13.0 Å². The summed E-state index contributed by atoms with van der Waals surface area (Å²) in [5.41, 5.74) is 8.66. The Morgan fingerprint density at radius 2 is 1.73 bits per heavy atom. The molecule has 0 aliphatic rings. The van der Waals surface area contributed by atoms with Crippen LogP contribution in [0.4, 0.5) is 11.4 Å². The van der Waals surface area contributed by atoms with Crippen LogP contribution in [0.15, 0.2) is 72.8 Å². The van der Waals surface area contributed by atoms with Crippen molar-refractivity contribution in [3.63, 3.8) is 0 Å². The highest BCUT2D eigenvalue weighted by Crippen LogP contribution is 2.30. The number of nitrogens with one attached hydrogen (secondary N) is 2. The van der Waals surface area contributed by atoms with Gasteiger partial charge in [-0.3, -0.25) is 4.79 Å². The van der Waals surface area contributed by atoms with Crippen molar-refractivity contribution in [3.05, 3.63) is 83.9 Å². The molecule has 0 heterocycles. The molecule has 0 radical (unpaired) electrons. The summed E-state index contributed by atoms with van der Waals surface area (Å²) in [5, 5.41) is 6.47. The Morgan fingerprint density at radius 3 is 2.38 bits per heavy atom. The fraction of sp³-hybridized carbons (Fsp3) is 0.0952. The molecule has 0 aliphatic heterocycles. The number of benzene rings is 3. The van der Waals surface area contributed by atoms with Gasteiger partial charge in [-0.25, -0.2) is 0 Å². The van der Waals surface area contributed by atoms with E-state index in [2.05, 4.69) is 10.6 Å². The number of ether oxygens (including phenoxy) is 1. The zero-order chi connectivity index (χ0) is 18.4. The summed E-state index contributed by atoms with van der Waals surface area (Å²) in [6.07, 6.45) is 0. The first-order chi connectivity index (χ1) is 12.7. The summed E-state index contributed by atoms with van der Waals surface area (Å²) in [5.74, 6) is 1.13. The van der Waals surface area contributed by atoms with Crippen molar-refractivity contribution in [1.82, 2.24) is 0 Å². The van der Waals surface area contributed by atoms with E-state index in [1.807, 2.05) is 67.7 Å². The molecule has 0 atom stereocenters. The Balaban J connectivity index is 1.71. The highest BCUT2D eigenvalue weighted by atomic mass is 16.5. The average molecular weight is 347 g/mol. The van der Waals surface area contributed by atoms with Gasteiger partial charge in [0.15, 0.2) is 5.75 Å². The number of rotatable bonds is 7. The van der Waals surface area contributed by atoms with Crippen molar-refractivity contribution in [2.24, 2.45) is 5.73 Å². The standard InChI is InChI=1S/C21H21N3O2/c1-23-19-12-7-15(13-20(19)26-18-5-3-2-4-6-18)14-24-17-10-8-16(9-11-17)21(22)25/h2-13,23-24H,14H2,1H3,(H2,22,25). The Bertz CT molecular complexity index is 878. The van der Waals surface area contributed by atoms with Gasteiger partial charge in [-0.1, -0.05) is 24.3 Å². The Hall–Kier alpha value is -3.47. The lowest BCUT2D eigenvalue weighted by atomic mass is 10.1. The van der Waals surface area contributed by atoms with E-state index >= 15 is 0 Å². The third-order valence-corrected chi connectivity index (χ3v) is 3.95. The zero-order valence-electron chi connectivity index (χ0n) is 14.5. The normalized spacial score (nSPS) is 10.2. The highest BCUT2D eigenvalue weighted by molar-refractivity contribution is 5.93. The van der Waals surface area contributed by atoms with Crippen molar-refractivity contribution < 1.29 is 9.53 Å². The molecule has 1 amide bonds. The molecule has 3 aromatic rings. The number of hydrogen-bond donors (Lipinski definition) is 3. The summed E-state index contributed by atoms with van der Waals surface area (Å²) in [6.45, 7) is 0.630. The fourth-order valence-corrected chi connectivity index (χ4v) is 2.54. The van der Waals surface area contributed by atoms with Gasteiger partial charge in [0.25, 0.3) is 0 Å². The minimum absolute atomic E-state index is 0.429. The van der Waals surface area contributed by atoms with Crippen LogP contribution in [-0.2, 0) is 6.54 Å². The molecule has 3 rings (SSSR count). The molecule has 26 heavy (non-hydrogen) atoms. The average Bonchev–Trinajstić information content (AvgIpc) is 2.67. The lowest BCUT2D eigenvalue weighted by molar-refractivity contribution is 0.100. The molecule has 0 spiro atoms. The molecule has 0 fully saturated rings. The van der Waals surface area contributed by atoms with E-state index in [0.29, 0.717) is 12.1 Å². The van der Waals surface area contributed by atoms with E-state index < -0.39 is 5.91 Å². The fourth-order valence-electron chi connectivity index (χ4n) is 2.54. The second-order valence-corrected chi connectivity index (χ2v) is 5.79. The van der Waals surface area contributed by atoms with Crippen LogP contribution in [0.3, 0.4) is 0 Å². The molecule has 0 aromatic heterocycles. The molecular formula is C21H21N3O2. The number of anilines is 2. The van der Waals surface area contributed by atoms with Crippen molar-refractivity contribution in [2.75, 3.05) is 17.7 Å². The molecule has 4 N–H and O–H groups in total. The maximum absolute atomic E-state index is 11.1. The van der Waals surface area contributed by atoms with E-state index in [-0.39, 0.29) is 0 Å². The van der Waals surface area contributed by atoms with Gasteiger partial charge in [0.05, 0.1) is 5.69 Å². The molecule has 132 valence electrons. The summed E-state index contributed by atoms with van der Waals surface area (Å²) in [4.78, 5) is 11.1. The quantitative estimate of drug-likeness (QED) is 0.598. The number of carbonyl (C=O) groups is 1. The number of amides is 1. The van der Waals surface area contributed by atoms with Crippen LogP contribution in [0.2, 0.25) is 0 Å². The monoisotopic (exact) mass is 347 g/mol. The molecule has 5 heteroatoms. The Kier molecular flexibility index (Phi) is 5.39. The number of hydrogen-bond acceptors (Lipinski definition) is 4. The number of para-hydroxylation sites is 1. The minimum Gasteiger partial charge on any atom is -0.455 e. The van der Waals surface area contributed by atoms with Crippen molar-refractivity contribution in [3.8, 4) is 11.5 Å². The van der Waals surface area contributed by atoms with E-state index in [0.717, 1.165) is 28.4 Å². The first-order valence-electron chi connectivity index (χ1n) is 8.33. The van der Waals surface area contributed by atoms with Crippen LogP contribution in [0, 0.1) is 0 Å². The topological polar surface area (TPSA) is 76.4 Å². The molecule has 0 bridgehead atoms. The lowest BCUT2D eigenvalue weighted by Crippen LogP contribution is -2.10. The maximum atomic E-state index is 11.1. The van der Waals surface area contributed by atoms with Gasteiger partial charge in [-0.05, 0) is 54.1 Å². The third-order valence-electron chi connectivity index (χ3n) is 3.95. The van der Waals surface area contributed by atoms with Gasteiger partial charge >= 0.3 is 0 Å². The number of primary amides is 1. The summed E-state index contributed by atoms with van der Waals surface area (Å²) in [6, 6.07) is 22.8. The van der Waals surface area contributed by atoms with E-state index in [9.17, 15) is 4.79 Å². The van der Waals surface area contributed by atoms with Crippen molar-refractivity contribution in [2.45, 2.75) is 6.54 Å². The largest absolute Gasteiger partial charge is 0.455 e. The van der Waals surface area contributed by atoms with Crippen LogP contribution >= 0.6 is 0 Å². The first kappa shape index (κ1) is 17.4. The predicted molar refractivity (Wildman–Crippen MR) is 105 cm³/mol. The van der Waals surface area contributed by atoms with Gasteiger partial charge in [0, 0.05) is 24.8 Å². The van der Waals surface area contributed by atoms with Gasteiger partial charge in [-0.15, -0.1) is 0 Å². The van der Waals surface area contributed by atoms with Crippen LogP contribution < -0.4 is 21.1 Å². The van der Waals surface area contributed by atoms with Gasteiger partial charge in [0.1, 0.15) is 5.75 Å². The maximum Gasteiger partial charge on any atom is 0.248 e. The second-order valence-electron chi connectivity index (χ2n) is 5.79. The third kappa shape index (κ3) is 4.33. The van der Waals surface area contributed by atoms with Gasteiger partial charge in [0.2, 0.25) is 5.91 Å². The summed E-state index contributed by atoms with van der Waals surface area (Å²) in [7, 11) is 1.87. The van der Waals surface area contributed by atoms with Crippen LogP contribution in [0.1, 0.15) is 15.9 Å². The highest BCUT2D eigenvalue weighted by Gasteiger charge is 2.06. The predicted octanol–water partition coefficient (Wildman–Crippen LogP) is 4.23. The smallest absolute Gasteiger partial charge is 0.248 e. The Morgan fingerprint density at radius 1 is 1.00 bits per heavy atom. The van der Waals surface area contributed by atoms with Crippen molar-refractivity contribution >= 4 is 17.3 Å². The van der Waals surface area contributed by atoms with E-state index in [1.165, 1.54) is 0 Å². The van der Waals surface area contributed by atoms with Crippen LogP contribution in [0.25, 0.3) is 0 Å². The minimum atomic E-state index is -0.429. The van der Waals surface area contributed by atoms with Crippen LogP contribution in [0.5, 0.6) is 11.5 Å². The molecule has 0 saturated carbocycles. The van der Waals surface area contributed by atoms with E-state index in [4.69, 9.17) is 10.5 Å².